The topological polar surface area (TPSA) is 102 Å². The molecule has 138 valence electrons. The zero-order chi connectivity index (χ0) is 19.1. The summed E-state index contributed by atoms with van der Waals surface area (Å²) in [5.74, 6) is 1.15. The highest BCUT2D eigenvalue weighted by Crippen LogP contribution is 2.33. The summed E-state index contributed by atoms with van der Waals surface area (Å²) < 4.78 is 3.48. The van der Waals surface area contributed by atoms with E-state index in [9.17, 15) is 4.79 Å². The first-order chi connectivity index (χ1) is 13.0. The van der Waals surface area contributed by atoms with Crippen LogP contribution in [0, 0.1) is 0 Å². The number of amides is 1. The van der Waals surface area contributed by atoms with Crippen molar-refractivity contribution >= 4 is 17.4 Å². The zero-order valence-electron chi connectivity index (χ0n) is 15.6. The number of nitrogens with one attached hydrogen (secondary N) is 2. The third-order valence-electron chi connectivity index (χ3n) is 4.46. The van der Waals surface area contributed by atoms with Gasteiger partial charge in [-0.05, 0) is 19.9 Å². The van der Waals surface area contributed by atoms with Crippen molar-refractivity contribution in [3.8, 4) is 22.6 Å². The average Bonchev–Trinajstić information content (AvgIpc) is 3.30. The lowest BCUT2D eigenvalue weighted by Crippen LogP contribution is -2.18. The van der Waals surface area contributed by atoms with Crippen molar-refractivity contribution in [2.75, 3.05) is 19.4 Å². The van der Waals surface area contributed by atoms with Gasteiger partial charge in [-0.3, -0.25) is 9.48 Å². The van der Waals surface area contributed by atoms with Gasteiger partial charge in [0.1, 0.15) is 11.4 Å². The zero-order valence-corrected chi connectivity index (χ0v) is 15.6. The summed E-state index contributed by atoms with van der Waals surface area (Å²) in [7, 11) is 3.38. The molecule has 2 aliphatic rings. The second-order valence-corrected chi connectivity index (χ2v) is 6.45. The maximum atomic E-state index is 12.1. The summed E-state index contributed by atoms with van der Waals surface area (Å²) in [6, 6.07) is 4.13. The maximum absolute atomic E-state index is 12.1. The molecule has 0 saturated carbocycles. The quantitative estimate of drug-likeness (QED) is 0.575. The molecule has 4 rings (SSSR count). The van der Waals surface area contributed by atoms with Gasteiger partial charge in [-0.15, -0.1) is 0 Å². The fraction of sp³-hybridized carbons (Fsp3) is 0.278. The Morgan fingerprint density at radius 3 is 2.70 bits per heavy atom. The van der Waals surface area contributed by atoms with Crippen LogP contribution in [0.1, 0.15) is 30.2 Å². The van der Waals surface area contributed by atoms with Crippen molar-refractivity contribution in [3.05, 3.63) is 36.3 Å². The summed E-state index contributed by atoms with van der Waals surface area (Å²) in [6.45, 7) is 4.13. The third-order valence-corrected chi connectivity index (χ3v) is 4.46. The predicted octanol–water partition coefficient (Wildman–Crippen LogP) is 2.07. The maximum Gasteiger partial charge on any atom is 0.256 e. The van der Waals surface area contributed by atoms with Crippen LogP contribution >= 0.6 is 0 Å². The highest BCUT2D eigenvalue weighted by Gasteiger charge is 2.20. The fourth-order valence-electron chi connectivity index (χ4n) is 2.99. The molecule has 0 aliphatic carbocycles. The molecule has 0 radical (unpaired) electrons. The Kier molecular flexibility index (Phi) is 3.98. The van der Waals surface area contributed by atoms with Gasteiger partial charge in [0, 0.05) is 49.7 Å². The summed E-state index contributed by atoms with van der Waals surface area (Å²) in [6.07, 6.45) is 5.21. The summed E-state index contributed by atoms with van der Waals surface area (Å²) in [5, 5.41) is 14.6. The van der Waals surface area contributed by atoms with E-state index in [-0.39, 0.29) is 11.9 Å². The minimum absolute atomic E-state index is 0.234. The lowest BCUT2D eigenvalue weighted by molar-refractivity contribution is 0.0964. The van der Waals surface area contributed by atoms with E-state index in [2.05, 4.69) is 44.6 Å². The first kappa shape index (κ1) is 17.0. The SMILES string of the molecule is CNC(=O)c1cnn2c(NC)cc(-c3cnc4nn(C(C)C)ccc3-4)nc12. The molecule has 9 nitrogen and oxygen atoms in total. The van der Waals surface area contributed by atoms with Crippen LogP contribution in [0.15, 0.2) is 30.7 Å². The van der Waals surface area contributed by atoms with Gasteiger partial charge in [-0.1, -0.05) is 0 Å². The molecular weight excluding hydrogens is 344 g/mol. The van der Waals surface area contributed by atoms with Gasteiger partial charge in [-0.2, -0.15) is 14.7 Å². The van der Waals surface area contributed by atoms with Crippen LogP contribution in [-0.2, 0) is 0 Å². The second kappa shape index (κ2) is 6.35. The van der Waals surface area contributed by atoms with Crippen molar-refractivity contribution in [2.24, 2.45) is 0 Å². The molecule has 2 aromatic rings. The number of rotatable bonds is 4. The van der Waals surface area contributed by atoms with Crippen molar-refractivity contribution < 1.29 is 4.79 Å². The molecule has 27 heavy (non-hydrogen) atoms. The Bertz CT molecular complexity index is 1110. The highest BCUT2D eigenvalue weighted by molar-refractivity contribution is 6.00. The van der Waals surface area contributed by atoms with E-state index in [4.69, 9.17) is 0 Å². The van der Waals surface area contributed by atoms with E-state index in [1.807, 2.05) is 23.0 Å². The van der Waals surface area contributed by atoms with Gasteiger partial charge in [0.05, 0.1) is 11.9 Å². The molecule has 4 heterocycles. The summed E-state index contributed by atoms with van der Waals surface area (Å²) in [4.78, 5) is 21.3. The molecule has 1 amide bonds. The molecule has 0 aromatic carbocycles. The number of carbonyl (C=O) groups excluding carboxylic acids is 1. The fourth-order valence-corrected chi connectivity index (χ4v) is 2.99. The molecule has 0 atom stereocenters. The minimum Gasteiger partial charge on any atom is -0.373 e. The Hall–Kier alpha value is -3.49. The molecular formula is C18H20N8O. The minimum atomic E-state index is -0.234. The van der Waals surface area contributed by atoms with E-state index in [1.54, 1.807) is 24.8 Å². The largest absolute Gasteiger partial charge is 0.373 e. The van der Waals surface area contributed by atoms with Crippen LogP contribution in [-0.4, -0.2) is 49.4 Å². The normalized spacial score (nSPS) is 11.4. The van der Waals surface area contributed by atoms with E-state index in [0.29, 0.717) is 22.7 Å². The molecule has 0 saturated heterocycles. The smallest absolute Gasteiger partial charge is 0.256 e. The van der Waals surface area contributed by atoms with E-state index in [0.717, 1.165) is 16.9 Å². The summed E-state index contributed by atoms with van der Waals surface area (Å²) >= 11 is 0. The van der Waals surface area contributed by atoms with Crippen LogP contribution in [0.2, 0.25) is 0 Å². The van der Waals surface area contributed by atoms with Crippen LogP contribution < -0.4 is 10.6 Å². The first-order valence-corrected chi connectivity index (χ1v) is 8.66. The van der Waals surface area contributed by atoms with Crippen molar-refractivity contribution in [1.29, 1.82) is 0 Å². The predicted molar refractivity (Wildman–Crippen MR) is 102 cm³/mol. The Labute approximate surface area is 155 Å². The van der Waals surface area contributed by atoms with Crippen LogP contribution in [0.25, 0.3) is 28.3 Å². The van der Waals surface area contributed by atoms with Crippen molar-refractivity contribution in [1.82, 2.24) is 34.7 Å². The van der Waals surface area contributed by atoms with Gasteiger partial charge in [-0.25, -0.2) is 9.97 Å². The van der Waals surface area contributed by atoms with Crippen LogP contribution in [0.4, 0.5) is 5.82 Å². The van der Waals surface area contributed by atoms with Gasteiger partial charge >= 0.3 is 0 Å². The molecule has 2 aromatic heterocycles. The lowest BCUT2D eigenvalue weighted by Gasteiger charge is -2.11. The molecule has 9 heteroatoms. The van der Waals surface area contributed by atoms with Crippen LogP contribution in [0.5, 0.6) is 0 Å². The number of hydrogen-bond donors (Lipinski definition) is 2. The van der Waals surface area contributed by atoms with Gasteiger partial charge < -0.3 is 10.6 Å². The average molecular weight is 364 g/mol. The molecule has 0 fully saturated rings. The Morgan fingerprint density at radius 2 is 2.00 bits per heavy atom. The van der Waals surface area contributed by atoms with Crippen molar-refractivity contribution in [3.63, 3.8) is 0 Å². The number of fused-ring (bicyclic) bond motifs is 2. The molecule has 0 unspecified atom stereocenters. The summed E-state index contributed by atoms with van der Waals surface area (Å²) in [5.41, 5.74) is 3.36. The number of carbonyl (C=O) groups is 1. The first-order valence-electron chi connectivity index (χ1n) is 8.66. The Morgan fingerprint density at radius 1 is 1.19 bits per heavy atom. The standard InChI is InChI=1S/C18H20N8O/c1-10(2)25-6-5-11-12(8-21-16(11)24-25)14-7-15(19-3)26-17(23-14)13(9-22-26)18(27)20-4/h5-10,19H,1-4H3,(H,20,27). The monoisotopic (exact) mass is 364 g/mol. The third kappa shape index (κ3) is 2.67. The molecule has 0 bridgehead atoms. The number of anilines is 1. The Balaban J connectivity index is 1.91. The van der Waals surface area contributed by atoms with E-state index < -0.39 is 0 Å². The molecule has 2 aliphatic heterocycles. The van der Waals surface area contributed by atoms with Gasteiger partial charge in [0.2, 0.25) is 0 Å². The van der Waals surface area contributed by atoms with Crippen LogP contribution in [0.3, 0.4) is 0 Å². The number of nitrogens with zero attached hydrogens (tertiary/aromatic N) is 6. The second-order valence-electron chi connectivity index (χ2n) is 6.45. The van der Waals surface area contributed by atoms with E-state index >= 15 is 0 Å². The van der Waals surface area contributed by atoms with Crippen molar-refractivity contribution in [2.45, 2.75) is 19.9 Å². The van der Waals surface area contributed by atoms with E-state index in [1.165, 1.54) is 6.20 Å². The number of hydrogen-bond acceptors (Lipinski definition) is 6. The molecule has 2 N–H and O–H groups in total. The van der Waals surface area contributed by atoms with Gasteiger partial charge in [0.15, 0.2) is 11.5 Å². The highest BCUT2D eigenvalue weighted by atomic mass is 16.1. The lowest BCUT2D eigenvalue weighted by atomic mass is 10.1. The number of aromatic nitrogens is 6. The molecule has 0 spiro atoms. The van der Waals surface area contributed by atoms with Gasteiger partial charge in [0.25, 0.3) is 5.91 Å².